The molecule has 13 heavy (non-hydrogen) atoms. The molecule has 0 saturated carbocycles. The molecule has 2 aromatic carbocycles. The van der Waals surface area contributed by atoms with Gasteiger partial charge in [-0.05, 0) is 50.0 Å². The summed E-state index contributed by atoms with van der Waals surface area (Å²) in [5, 5.41) is 1.60. The van der Waals surface area contributed by atoms with Crippen molar-refractivity contribution in [2.45, 2.75) is 0 Å². The smallest absolute Gasteiger partial charge is 0.145 e. The number of hydrogen-bond donors (Lipinski definition) is 0. The predicted molar refractivity (Wildman–Crippen MR) is 64.3 cm³/mol. The van der Waals surface area contributed by atoms with Crippen LogP contribution < -0.4 is 0 Å². The van der Waals surface area contributed by atoms with Gasteiger partial charge in [-0.1, -0.05) is 24.3 Å². The Morgan fingerprint density at radius 1 is 1.23 bits per heavy atom. The van der Waals surface area contributed by atoms with Crippen molar-refractivity contribution >= 4 is 49.3 Å². The molecule has 0 aliphatic heterocycles. The normalized spacial score (nSPS) is 10.7. The van der Waals surface area contributed by atoms with Crippen molar-refractivity contribution in [3.05, 3.63) is 44.2 Å². The van der Waals surface area contributed by atoms with E-state index in [9.17, 15) is 4.39 Å². The van der Waals surface area contributed by atoms with E-state index in [0.29, 0.717) is 8.96 Å². The summed E-state index contributed by atoms with van der Waals surface area (Å²) in [7, 11) is 0. The van der Waals surface area contributed by atoms with E-state index in [0.717, 1.165) is 9.86 Å². The molecular formula is C10H5BrFI. The van der Waals surface area contributed by atoms with Crippen molar-refractivity contribution in [3.8, 4) is 0 Å². The van der Waals surface area contributed by atoms with E-state index >= 15 is 0 Å². The first-order valence-electron chi connectivity index (χ1n) is 3.72. The largest absolute Gasteiger partial charge is 0.205 e. The molecule has 2 rings (SSSR count). The molecule has 0 unspecified atom stereocenters. The third kappa shape index (κ3) is 1.59. The highest BCUT2D eigenvalue weighted by Crippen LogP contribution is 2.29. The molecule has 0 aromatic heterocycles. The molecule has 0 aliphatic carbocycles. The van der Waals surface area contributed by atoms with Crippen LogP contribution in [-0.4, -0.2) is 0 Å². The molecule has 0 fully saturated rings. The maximum Gasteiger partial charge on any atom is 0.145 e. The number of rotatable bonds is 0. The molecule has 0 nitrogen and oxygen atoms in total. The van der Waals surface area contributed by atoms with Crippen molar-refractivity contribution in [1.29, 1.82) is 0 Å². The van der Waals surface area contributed by atoms with Crippen molar-refractivity contribution < 1.29 is 4.39 Å². The summed E-state index contributed by atoms with van der Waals surface area (Å²) in [6.07, 6.45) is 0. The third-order valence-corrected chi connectivity index (χ3v) is 4.30. The molecule has 3 heteroatoms. The molecule has 0 aliphatic rings. The molecular weight excluding hydrogens is 346 g/mol. The van der Waals surface area contributed by atoms with Gasteiger partial charge in [0.25, 0.3) is 0 Å². The fourth-order valence-corrected chi connectivity index (χ4v) is 2.11. The lowest BCUT2D eigenvalue weighted by molar-refractivity contribution is 0.631. The van der Waals surface area contributed by atoms with Crippen LogP contribution in [0.5, 0.6) is 0 Å². The second-order valence-electron chi connectivity index (χ2n) is 2.71. The summed E-state index contributed by atoms with van der Waals surface area (Å²) in [5.41, 5.74) is 0. The van der Waals surface area contributed by atoms with Crippen LogP contribution in [0.1, 0.15) is 0 Å². The van der Waals surface area contributed by atoms with Crippen LogP contribution in [0.15, 0.2) is 34.8 Å². The second-order valence-corrected chi connectivity index (χ2v) is 4.64. The van der Waals surface area contributed by atoms with Crippen molar-refractivity contribution in [2.24, 2.45) is 0 Å². The first-order valence-corrected chi connectivity index (χ1v) is 5.59. The van der Waals surface area contributed by atoms with E-state index in [1.807, 2.05) is 46.9 Å². The molecule has 0 atom stereocenters. The van der Waals surface area contributed by atoms with Gasteiger partial charge in [-0.15, -0.1) is 0 Å². The van der Waals surface area contributed by atoms with Crippen molar-refractivity contribution in [1.82, 2.24) is 0 Å². The molecule has 0 N–H and O–H groups in total. The highest BCUT2D eigenvalue weighted by molar-refractivity contribution is 14.1. The zero-order valence-electron chi connectivity index (χ0n) is 6.52. The van der Waals surface area contributed by atoms with E-state index < -0.39 is 0 Å². The maximum atomic E-state index is 13.6. The highest BCUT2D eigenvalue weighted by Gasteiger charge is 2.08. The van der Waals surface area contributed by atoms with Gasteiger partial charge in [-0.25, -0.2) is 4.39 Å². The van der Waals surface area contributed by atoms with Crippen LogP contribution in [0.25, 0.3) is 10.8 Å². The van der Waals surface area contributed by atoms with Gasteiger partial charge in [-0.2, -0.15) is 0 Å². The number of halogens is 3. The zero-order valence-corrected chi connectivity index (χ0v) is 10.3. The summed E-state index contributed by atoms with van der Waals surface area (Å²) < 4.78 is 15.1. The van der Waals surface area contributed by atoms with Gasteiger partial charge in [0, 0.05) is 9.86 Å². The van der Waals surface area contributed by atoms with Gasteiger partial charge in [-0.3, -0.25) is 0 Å². The van der Waals surface area contributed by atoms with Crippen LogP contribution >= 0.6 is 38.5 Å². The molecule has 0 bridgehead atoms. The lowest BCUT2D eigenvalue weighted by Gasteiger charge is -2.03. The van der Waals surface area contributed by atoms with Gasteiger partial charge in [0.1, 0.15) is 5.82 Å². The molecule has 0 heterocycles. The van der Waals surface area contributed by atoms with E-state index in [1.54, 1.807) is 6.07 Å². The summed E-state index contributed by atoms with van der Waals surface area (Å²) in [6.45, 7) is 0. The summed E-state index contributed by atoms with van der Waals surface area (Å²) in [4.78, 5) is 0. The third-order valence-electron chi connectivity index (χ3n) is 1.88. The van der Waals surface area contributed by atoms with Crippen molar-refractivity contribution in [2.75, 3.05) is 0 Å². The molecule has 2 aromatic rings. The Kier molecular flexibility index (Phi) is 2.55. The first-order chi connectivity index (χ1) is 6.20. The minimum Gasteiger partial charge on any atom is -0.205 e. The highest BCUT2D eigenvalue weighted by atomic mass is 127. The minimum absolute atomic E-state index is 0.148. The predicted octanol–water partition coefficient (Wildman–Crippen LogP) is 4.35. The zero-order chi connectivity index (χ0) is 9.42. The van der Waals surface area contributed by atoms with Crippen LogP contribution in [0.2, 0.25) is 0 Å². The molecule has 0 spiro atoms. The second kappa shape index (κ2) is 3.53. The van der Waals surface area contributed by atoms with Crippen molar-refractivity contribution in [3.63, 3.8) is 0 Å². The van der Waals surface area contributed by atoms with E-state index in [4.69, 9.17) is 0 Å². The van der Waals surface area contributed by atoms with E-state index in [2.05, 4.69) is 15.9 Å². The fraction of sp³-hybridized carbons (Fsp3) is 0. The molecule has 66 valence electrons. The fourth-order valence-electron chi connectivity index (χ4n) is 1.25. The Morgan fingerprint density at radius 3 is 2.69 bits per heavy atom. The average Bonchev–Trinajstić information content (AvgIpc) is 2.15. The SMILES string of the molecule is Fc1c(I)c(Br)cc2ccccc12. The number of fused-ring (bicyclic) bond motifs is 1. The summed E-state index contributed by atoms with van der Waals surface area (Å²) in [6, 6.07) is 9.37. The Hall–Kier alpha value is -0.160. The van der Waals surface area contributed by atoms with Crippen LogP contribution in [0.4, 0.5) is 4.39 Å². The minimum atomic E-state index is -0.148. The van der Waals surface area contributed by atoms with Gasteiger partial charge in [0.2, 0.25) is 0 Å². The van der Waals surface area contributed by atoms with E-state index in [-0.39, 0.29) is 5.82 Å². The maximum absolute atomic E-state index is 13.6. The van der Waals surface area contributed by atoms with Gasteiger partial charge in [0.05, 0.1) is 3.57 Å². The quantitative estimate of drug-likeness (QED) is 0.489. The van der Waals surface area contributed by atoms with Crippen LogP contribution in [0, 0.1) is 9.39 Å². The Labute approximate surface area is 97.4 Å². The average molecular weight is 351 g/mol. The monoisotopic (exact) mass is 350 g/mol. The Bertz CT molecular complexity index is 468. The number of hydrogen-bond acceptors (Lipinski definition) is 0. The standard InChI is InChI=1S/C10H5BrFI/c11-8-5-6-3-1-2-4-7(6)9(12)10(8)13/h1-5H. The summed E-state index contributed by atoms with van der Waals surface area (Å²) >= 11 is 5.31. The lowest BCUT2D eigenvalue weighted by atomic mass is 10.1. The Balaban J connectivity index is 2.94. The lowest BCUT2D eigenvalue weighted by Crippen LogP contribution is -1.86. The van der Waals surface area contributed by atoms with Gasteiger partial charge >= 0.3 is 0 Å². The van der Waals surface area contributed by atoms with E-state index in [1.165, 1.54) is 0 Å². The molecule has 0 radical (unpaired) electrons. The van der Waals surface area contributed by atoms with Crippen LogP contribution in [0.3, 0.4) is 0 Å². The van der Waals surface area contributed by atoms with Gasteiger partial charge in [0.15, 0.2) is 0 Å². The number of benzene rings is 2. The molecule has 0 saturated heterocycles. The first kappa shape index (κ1) is 9.40. The summed E-state index contributed by atoms with van der Waals surface area (Å²) in [5.74, 6) is -0.148. The molecule has 0 amide bonds. The van der Waals surface area contributed by atoms with Gasteiger partial charge < -0.3 is 0 Å². The topological polar surface area (TPSA) is 0 Å². The Morgan fingerprint density at radius 2 is 1.92 bits per heavy atom. The van der Waals surface area contributed by atoms with Crippen LogP contribution in [-0.2, 0) is 0 Å².